The third kappa shape index (κ3) is 2.28. The van der Waals surface area contributed by atoms with Crippen LogP contribution in [0.3, 0.4) is 0 Å². The van der Waals surface area contributed by atoms with Crippen molar-refractivity contribution in [1.82, 2.24) is 4.31 Å². The Labute approximate surface area is 108 Å². The van der Waals surface area contributed by atoms with Gasteiger partial charge < -0.3 is 4.31 Å². The molecular formula is C12H13BrFNS. The van der Waals surface area contributed by atoms with Crippen LogP contribution in [0.1, 0.15) is 26.3 Å². The zero-order valence-electron chi connectivity index (χ0n) is 9.42. The van der Waals surface area contributed by atoms with Crippen LogP contribution >= 0.6 is 27.9 Å². The first kappa shape index (κ1) is 12.0. The Balaban J connectivity index is 2.38. The predicted octanol–water partition coefficient (Wildman–Crippen LogP) is 4.68. The number of hydrogen-bond donors (Lipinski definition) is 0. The Morgan fingerprint density at radius 2 is 2.00 bits per heavy atom. The molecule has 0 saturated heterocycles. The van der Waals surface area contributed by atoms with Crippen molar-refractivity contribution in [2.24, 2.45) is 0 Å². The van der Waals surface area contributed by atoms with E-state index in [0.29, 0.717) is 4.47 Å². The molecule has 86 valence electrons. The molecule has 1 aromatic carbocycles. The van der Waals surface area contributed by atoms with Gasteiger partial charge in [0.25, 0.3) is 0 Å². The fraction of sp³-hybridized carbons (Fsp3) is 0.333. The number of hydrogen-bond acceptors (Lipinski definition) is 2. The van der Waals surface area contributed by atoms with Gasteiger partial charge in [0.2, 0.25) is 0 Å². The molecule has 2 rings (SSSR count). The Morgan fingerprint density at radius 3 is 2.62 bits per heavy atom. The molecule has 1 aliphatic heterocycles. The Kier molecular flexibility index (Phi) is 3.05. The first-order valence-electron chi connectivity index (χ1n) is 5.02. The molecule has 0 N–H and O–H groups in total. The normalized spacial score (nSPS) is 15.2. The van der Waals surface area contributed by atoms with Gasteiger partial charge in [-0.1, -0.05) is 0 Å². The van der Waals surface area contributed by atoms with Crippen LogP contribution in [-0.4, -0.2) is 9.84 Å². The molecule has 0 fully saturated rings. The van der Waals surface area contributed by atoms with Crippen LogP contribution in [0.4, 0.5) is 4.39 Å². The van der Waals surface area contributed by atoms with Gasteiger partial charge in [-0.2, -0.15) is 0 Å². The molecule has 0 radical (unpaired) electrons. The third-order valence-electron chi connectivity index (χ3n) is 2.30. The van der Waals surface area contributed by atoms with Crippen molar-refractivity contribution in [3.8, 4) is 0 Å². The van der Waals surface area contributed by atoms with Gasteiger partial charge in [0.15, 0.2) is 0 Å². The molecule has 1 heterocycles. The molecular weight excluding hydrogens is 289 g/mol. The van der Waals surface area contributed by atoms with Crippen LogP contribution in [0.5, 0.6) is 0 Å². The lowest BCUT2D eigenvalue weighted by atomic mass is 10.1. The van der Waals surface area contributed by atoms with E-state index in [1.54, 1.807) is 18.0 Å². The predicted molar refractivity (Wildman–Crippen MR) is 70.6 cm³/mol. The molecule has 16 heavy (non-hydrogen) atoms. The summed E-state index contributed by atoms with van der Waals surface area (Å²) in [4.78, 5) is 1.07. The van der Waals surface area contributed by atoms with E-state index in [4.69, 9.17) is 0 Å². The van der Waals surface area contributed by atoms with Gasteiger partial charge in [0.05, 0.1) is 4.47 Å². The van der Waals surface area contributed by atoms with Gasteiger partial charge in [-0.15, -0.1) is 0 Å². The number of benzene rings is 1. The first-order valence-corrected chi connectivity index (χ1v) is 6.59. The second-order valence-electron chi connectivity index (χ2n) is 4.71. The summed E-state index contributed by atoms with van der Waals surface area (Å²) in [6.45, 7) is 6.44. The summed E-state index contributed by atoms with van der Waals surface area (Å²) in [5.74, 6) is -0.215. The maximum atomic E-state index is 13.3. The molecule has 0 saturated carbocycles. The van der Waals surface area contributed by atoms with Crippen molar-refractivity contribution in [2.75, 3.05) is 0 Å². The Morgan fingerprint density at radius 1 is 1.31 bits per heavy atom. The fourth-order valence-corrected chi connectivity index (χ4v) is 2.90. The summed E-state index contributed by atoms with van der Waals surface area (Å²) in [6.07, 6.45) is 3.95. The zero-order valence-corrected chi connectivity index (χ0v) is 11.8. The van der Waals surface area contributed by atoms with E-state index in [-0.39, 0.29) is 11.4 Å². The third-order valence-corrected chi connectivity index (χ3v) is 4.32. The van der Waals surface area contributed by atoms with E-state index in [2.05, 4.69) is 41.0 Å². The largest absolute Gasteiger partial charge is 0.314 e. The summed E-state index contributed by atoms with van der Waals surface area (Å²) in [5, 5.41) is 0. The van der Waals surface area contributed by atoms with Gasteiger partial charge in [0.1, 0.15) is 5.82 Å². The van der Waals surface area contributed by atoms with E-state index in [0.717, 1.165) is 10.5 Å². The van der Waals surface area contributed by atoms with Crippen molar-refractivity contribution in [3.63, 3.8) is 0 Å². The van der Waals surface area contributed by atoms with Crippen molar-refractivity contribution < 1.29 is 4.39 Å². The topological polar surface area (TPSA) is 3.24 Å². The molecule has 1 nitrogen and oxygen atoms in total. The lowest BCUT2D eigenvalue weighted by Crippen LogP contribution is -2.32. The molecule has 0 aliphatic carbocycles. The summed E-state index contributed by atoms with van der Waals surface area (Å²) < 4.78 is 16.0. The molecule has 0 bridgehead atoms. The molecule has 0 unspecified atom stereocenters. The average Bonchev–Trinajstić information content (AvgIpc) is 2.17. The summed E-state index contributed by atoms with van der Waals surface area (Å²) in [6, 6.07) is 3.39. The van der Waals surface area contributed by atoms with Crippen molar-refractivity contribution in [1.29, 1.82) is 0 Å². The standard InChI is InChI=1S/C12H13BrFNS/c1-12(2,3)15-5-4-8-6-10(14)9(13)7-11(8)16-15/h4-7H,1-3H3. The zero-order chi connectivity index (χ0) is 11.9. The number of halogens is 2. The van der Waals surface area contributed by atoms with Crippen LogP contribution < -0.4 is 0 Å². The molecule has 0 spiro atoms. The van der Waals surface area contributed by atoms with E-state index in [1.807, 2.05) is 18.3 Å². The van der Waals surface area contributed by atoms with Gasteiger partial charge in [-0.05, 0) is 72.4 Å². The second-order valence-corrected chi connectivity index (χ2v) is 6.58. The van der Waals surface area contributed by atoms with Gasteiger partial charge in [-0.3, -0.25) is 0 Å². The summed E-state index contributed by atoms with van der Waals surface area (Å²) in [5.41, 5.74) is 0.992. The summed E-state index contributed by atoms with van der Waals surface area (Å²) >= 11 is 4.85. The monoisotopic (exact) mass is 301 g/mol. The minimum absolute atomic E-state index is 0.0553. The highest BCUT2D eigenvalue weighted by Gasteiger charge is 2.23. The maximum Gasteiger partial charge on any atom is 0.138 e. The minimum Gasteiger partial charge on any atom is -0.314 e. The highest BCUT2D eigenvalue weighted by Crippen LogP contribution is 2.39. The highest BCUT2D eigenvalue weighted by atomic mass is 79.9. The lowest BCUT2D eigenvalue weighted by Gasteiger charge is -2.35. The SMILES string of the molecule is CC(C)(C)N1C=Cc2cc(F)c(Br)cc2S1. The van der Waals surface area contributed by atoms with E-state index in [1.165, 1.54) is 0 Å². The number of fused-ring (bicyclic) bond motifs is 1. The average molecular weight is 302 g/mol. The fourth-order valence-electron chi connectivity index (χ4n) is 1.40. The molecule has 1 aromatic rings. The van der Waals surface area contributed by atoms with Crippen LogP contribution in [0.15, 0.2) is 27.7 Å². The summed E-state index contributed by atoms with van der Waals surface area (Å²) in [7, 11) is 0. The second kappa shape index (κ2) is 4.08. The Bertz CT molecular complexity index is 451. The van der Waals surface area contributed by atoms with Crippen molar-refractivity contribution in [3.05, 3.63) is 34.2 Å². The van der Waals surface area contributed by atoms with Crippen LogP contribution in [-0.2, 0) is 0 Å². The van der Waals surface area contributed by atoms with Crippen LogP contribution in [0, 0.1) is 5.82 Å². The van der Waals surface area contributed by atoms with Gasteiger partial charge >= 0.3 is 0 Å². The quantitative estimate of drug-likeness (QED) is 0.640. The highest BCUT2D eigenvalue weighted by molar-refractivity contribution is 9.10. The number of rotatable bonds is 0. The molecule has 4 heteroatoms. The van der Waals surface area contributed by atoms with E-state index in [9.17, 15) is 4.39 Å². The minimum atomic E-state index is -0.215. The Hall–Kier alpha value is -0.480. The first-order chi connectivity index (χ1) is 7.38. The molecule has 0 amide bonds. The van der Waals surface area contributed by atoms with E-state index >= 15 is 0 Å². The molecule has 0 atom stereocenters. The van der Waals surface area contributed by atoms with Gasteiger partial charge in [0, 0.05) is 16.6 Å². The van der Waals surface area contributed by atoms with Gasteiger partial charge in [-0.25, -0.2) is 4.39 Å². The van der Waals surface area contributed by atoms with Crippen molar-refractivity contribution >= 4 is 34.0 Å². The maximum absolute atomic E-state index is 13.3. The van der Waals surface area contributed by atoms with E-state index < -0.39 is 0 Å². The lowest BCUT2D eigenvalue weighted by molar-refractivity contribution is 0.349. The number of nitrogens with zero attached hydrogens (tertiary/aromatic N) is 1. The van der Waals surface area contributed by atoms with Crippen LogP contribution in [0.25, 0.3) is 6.08 Å². The molecule has 0 aromatic heterocycles. The van der Waals surface area contributed by atoms with Crippen LogP contribution in [0.2, 0.25) is 0 Å². The molecule has 1 aliphatic rings. The van der Waals surface area contributed by atoms with Crippen molar-refractivity contribution in [2.45, 2.75) is 31.2 Å². The smallest absolute Gasteiger partial charge is 0.138 e.